The topological polar surface area (TPSA) is 46.2 Å². The van der Waals surface area contributed by atoms with E-state index in [-0.39, 0.29) is 23.9 Å². The molecule has 0 aliphatic carbocycles. The van der Waals surface area contributed by atoms with Crippen molar-refractivity contribution in [2.45, 2.75) is 31.0 Å². The van der Waals surface area contributed by atoms with Crippen LogP contribution in [0.3, 0.4) is 0 Å². The van der Waals surface area contributed by atoms with Gasteiger partial charge in [0.15, 0.2) is 9.84 Å². The first kappa shape index (κ1) is 12.2. The van der Waals surface area contributed by atoms with E-state index in [0.717, 1.165) is 13.0 Å². The standard InChI is InChI=1S/C8H14FNO2S.ClH/c9-7-2-1-4-10-8(7)3-5-13(11,12)6-8;/h7,10H,1-6H2;1H. The second kappa shape index (κ2) is 3.94. The number of sulfone groups is 1. The maximum atomic E-state index is 13.6. The van der Waals surface area contributed by atoms with Crippen molar-refractivity contribution in [1.29, 1.82) is 0 Å². The van der Waals surface area contributed by atoms with Crippen molar-refractivity contribution in [3.8, 4) is 0 Å². The number of hydrogen-bond acceptors (Lipinski definition) is 3. The maximum Gasteiger partial charge on any atom is 0.152 e. The van der Waals surface area contributed by atoms with E-state index in [2.05, 4.69) is 5.32 Å². The molecule has 0 amide bonds. The molecule has 2 atom stereocenters. The highest BCUT2D eigenvalue weighted by Gasteiger charge is 2.49. The second-order valence-electron chi connectivity index (χ2n) is 4.03. The predicted molar refractivity (Wildman–Crippen MR) is 55.4 cm³/mol. The molecule has 2 rings (SSSR count). The number of nitrogens with one attached hydrogen (secondary N) is 1. The molecule has 84 valence electrons. The first-order valence-corrected chi connectivity index (χ1v) is 6.46. The smallest absolute Gasteiger partial charge is 0.152 e. The molecule has 2 aliphatic heterocycles. The summed E-state index contributed by atoms with van der Waals surface area (Å²) in [7, 11) is -2.99. The minimum absolute atomic E-state index is 0. The van der Waals surface area contributed by atoms with E-state index in [4.69, 9.17) is 0 Å². The summed E-state index contributed by atoms with van der Waals surface area (Å²) >= 11 is 0. The van der Waals surface area contributed by atoms with Gasteiger partial charge in [0.1, 0.15) is 6.17 Å². The summed E-state index contributed by atoms with van der Waals surface area (Å²) in [6.45, 7) is 0.746. The Morgan fingerprint density at radius 3 is 2.64 bits per heavy atom. The van der Waals surface area contributed by atoms with Gasteiger partial charge in [-0.3, -0.25) is 0 Å². The highest BCUT2D eigenvalue weighted by molar-refractivity contribution is 7.91. The Morgan fingerprint density at radius 2 is 2.14 bits per heavy atom. The van der Waals surface area contributed by atoms with Crippen molar-refractivity contribution in [2.24, 2.45) is 0 Å². The van der Waals surface area contributed by atoms with Gasteiger partial charge in [0.05, 0.1) is 17.0 Å². The summed E-state index contributed by atoms with van der Waals surface area (Å²) in [5, 5.41) is 3.05. The molecule has 2 heterocycles. The Bertz CT molecular complexity index is 308. The van der Waals surface area contributed by atoms with Gasteiger partial charge in [-0.1, -0.05) is 0 Å². The largest absolute Gasteiger partial charge is 0.308 e. The highest BCUT2D eigenvalue weighted by atomic mass is 35.5. The Kier molecular flexibility index (Phi) is 3.44. The van der Waals surface area contributed by atoms with Gasteiger partial charge >= 0.3 is 0 Å². The Morgan fingerprint density at radius 1 is 1.43 bits per heavy atom. The Balaban J connectivity index is 0.000000980. The summed E-state index contributed by atoms with van der Waals surface area (Å²) in [6.07, 6.45) is 0.764. The van der Waals surface area contributed by atoms with Gasteiger partial charge in [-0.25, -0.2) is 12.8 Å². The molecular formula is C8H15ClFNO2S. The average molecular weight is 244 g/mol. The monoisotopic (exact) mass is 243 g/mol. The first-order valence-electron chi connectivity index (χ1n) is 4.64. The zero-order chi connectivity index (χ0) is 9.53. The Labute approximate surface area is 89.8 Å². The normalized spacial score (nSPS) is 40.8. The summed E-state index contributed by atoms with van der Waals surface area (Å²) in [5.74, 6) is 0.127. The molecule has 14 heavy (non-hydrogen) atoms. The molecule has 0 aromatic heterocycles. The maximum absolute atomic E-state index is 13.6. The van der Waals surface area contributed by atoms with Gasteiger partial charge in [-0.15, -0.1) is 12.4 Å². The quantitative estimate of drug-likeness (QED) is 0.681. The lowest BCUT2D eigenvalue weighted by Gasteiger charge is -2.36. The van der Waals surface area contributed by atoms with Crippen LogP contribution in [0.5, 0.6) is 0 Å². The second-order valence-corrected chi connectivity index (χ2v) is 6.22. The van der Waals surface area contributed by atoms with Gasteiger partial charge in [0.2, 0.25) is 0 Å². The summed E-state index contributed by atoms with van der Waals surface area (Å²) in [5.41, 5.74) is -0.739. The molecule has 0 bridgehead atoms. The van der Waals surface area contributed by atoms with E-state index >= 15 is 0 Å². The first-order chi connectivity index (χ1) is 6.04. The molecule has 0 aromatic rings. The van der Waals surface area contributed by atoms with Crippen molar-refractivity contribution in [3.05, 3.63) is 0 Å². The third-order valence-electron chi connectivity index (χ3n) is 3.05. The molecule has 2 saturated heterocycles. The molecule has 1 N–H and O–H groups in total. The van der Waals surface area contributed by atoms with Crippen LogP contribution in [0.15, 0.2) is 0 Å². The third-order valence-corrected chi connectivity index (χ3v) is 4.83. The lowest BCUT2D eigenvalue weighted by molar-refractivity contribution is 0.127. The van der Waals surface area contributed by atoms with Gasteiger partial charge in [-0.2, -0.15) is 0 Å². The minimum Gasteiger partial charge on any atom is -0.308 e. The Hall–Kier alpha value is 0.130. The lowest BCUT2D eigenvalue weighted by atomic mass is 9.87. The fraction of sp³-hybridized carbons (Fsp3) is 1.00. The SMILES string of the molecule is Cl.O=S1(=O)CCC2(C1)NCCCC2F. The zero-order valence-electron chi connectivity index (χ0n) is 7.83. The van der Waals surface area contributed by atoms with Gasteiger partial charge in [0, 0.05) is 0 Å². The zero-order valence-corrected chi connectivity index (χ0v) is 9.46. The van der Waals surface area contributed by atoms with Crippen molar-refractivity contribution >= 4 is 22.2 Å². The van der Waals surface area contributed by atoms with Crippen LogP contribution in [0.2, 0.25) is 0 Å². The number of alkyl halides is 1. The number of rotatable bonds is 0. The van der Waals surface area contributed by atoms with Gasteiger partial charge in [-0.05, 0) is 25.8 Å². The third kappa shape index (κ3) is 2.04. The van der Waals surface area contributed by atoms with E-state index in [1.165, 1.54) is 0 Å². The predicted octanol–water partition coefficient (Wildman–Crippen LogP) is 0.687. The molecule has 0 saturated carbocycles. The van der Waals surface area contributed by atoms with Crippen LogP contribution in [0.1, 0.15) is 19.3 Å². The van der Waals surface area contributed by atoms with E-state index in [1.54, 1.807) is 0 Å². The molecule has 3 nitrogen and oxygen atoms in total. The van der Waals surface area contributed by atoms with Gasteiger partial charge < -0.3 is 5.32 Å². The fourth-order valence-electron chi connectivity index (χ4n) is 2.27. The van der Waals surface area contributed by atoms with E-state index < -0.39 is 21.5 Å². The van der Waals surface area contributed by atoms with Crippen LogP contribution in [0.4, 0.5) is 4.39 Å². The summed E-state index contributed by atoms with van der Waals surface area (Å²) in [4.78, 5) is 0. The van der Waals surface area contributed by atoms with Crippen LogP contribution in [0, 0.1) is 0 Å². The van der Waals surface area contributed by atoms with Crippen molar-refractivity contribution in [1.82, 2.24) is 5.32 Å². The molecule has 1 spiro atoms. The van der Waals surface area contributed by atoms with Crippen molar-refractivity contribution in [3.63, 3.8) is 0 Å². The van der Waals surface area contributed by atoms with Gasteiger partial charge in [0.25, 0.3) is 0 Å². The minimum atomic E-state index is -2.99. The van der Waals surface area contributed by atoms with E-state index in [1.807, 2.05) is 0 Å². The van der Waals surface area contributed by atoms with Crippen molar-refractivity contribution in [2.75, 3.05) is 18.1 Å². The molecule has 6 heteroatoms. The lowest BCUT2D eigenvalue weighted by Crippen LogP contribution is -2.57. The fourth-order valence-corrected chi connectivity index (χ4v) is 4.30. The summed E-state index contributed by atoms with van der Waals surface area (Å²) < 4.78 is 36.0. The molecule has 0 radical (unpaired) electrons. The molecule has 2 fully saturated rings. The van der Waals surface area contributed by atoms with Crippen LogP contribution >= 0.6 is 12.4 Å². The van der Waals surface area contributed by atoms with Crippen LogP contribution in [0.25, 0.3) is 0 Å². The molecular weight excluding hydrogens is 229 g/mol. The molecule has 0 aromatic carbocycles. The van der Waals surface area contributed by atoms with Crippen LogP contribution < -0.4 is 5.32 Å². The molecule has 2 unspecified atom stereocenters. The highest BCUT2D eigenvalue weighted by Crippen LogP contribution is 2.33. The number of hydrogen-bond donors (Lipinski definition) is 1. The number of piperidine rings is 1. The van der Waals surface area contributed by atoms with Crippen molar-refractivity contribution < 1.29 is 12.8 Å². The van der Waals surface area contributed by atoms with Crippen LogP contribution in [-0.2, 0) is 9.84 Å². The number of halogens is 2. The average Bonchev–Trinajstić information content (AvgIpc) is 2.35. The van der Waals surface area contributed by atoms with E-state index in [9.17, 15) is 12.8 Å². The van der Waals surface area contributed by atoms with E-state index in [0.29, 0.717) is 12.8 Å². The van der Waals surface area contributed by atoms with Crippen LogP contribution in [-0.4, -0.2) is 38.2 Å². The summed E-state index contributed by atoms with van der Waals surface area (Å²) in [6, 6.07) is 0. The molecule has 2 aliphatic rings.